The van der Waals surface area contributed by atoms with Crippen LogP contribution < -0.4 is 0 Å². The second-order valence-corrected chi connectivity index (χ2v) is 3.81. The molecule has 0 saturated carbocycles. The van der Waals surface area contributed by atoms with Crippen molar-refractivity contribution in [1.82, 2.24) is 0 Å². The summed E-state index contributed by atoms with van der Waals surface area (Å²) in [4.78, 5) is 10.7. The van der Waals surface area contributed by atoms with Gasteiger partial charge in [0, 0.05) is 6.42 Å². The Bertz CT molecular complexity index is 229. The molecule has 1 heterocycles. The summed E-state index contributed by atoms with van der Waals surface area (Å²) in [5.74, 6) is -1.17. The number of carbonyl (C=O) groups is 1. The first-order chi connectivity index (χ1) is 6.91. The van der Waals surface area contributed by atoms with Gasteiger partial charge in [0.2, 0.25) is 0 Å². The standard InChI is InChI=1S/C9H16O6/c1-4(2)14-9-7(11)5(10)3-6(15-9)8(12)13/h4-7,9-11H,3H2,1-2H3,(H,12,13)/t5-,6-,7+,9+/m1/s1. The molecule has 0 amide bonds. The highest BCUT2D eigenvalue weighted by atomic mass is 16.7. The summed E-state index contributed by atoms with van der Waals surface area (Å²) in [6.45, 7) is 3.46. The van der Waals surface area contributed by atoms with Gasteiger partial charge in [0.05, 0.1) is 12.2 Å². The van der Waals surface area contributed by atoms with Gasteiger partial charge in [0.15, 0.2) is 12.4 Å². The zero-order chi connectivity index (χ0) is 11.6. The molecule has 0 aliphatic carbocycles. The first-order valence-electron chi connectivity index (χ1n) is 4.81. The van der Waals surface area contributed by atoms with E-state index >= 15 is 0 Å². The largest absolute Gasteiger partial charge is 0.479 e. The zero-order valence-electron chi connectivity index (χ0n) is 8.66. The molecule has 1 rings (SSSR count). The summed E-state index contributed by atoms with van der Waals surface area (Å²) >= 11 is 0. The van der Waals surface area contributed by atoms with Crippen LogP contribution in [-0.4, -0.2) is 52.0 Å². The summed E-state index contributed by atoms with van der Waals surface area (Å²) in [6, 6.07) is 0. The van der Waals surface area contributed by atoms with Gasteiger partial charge in [-0.3, -0.25) is 0 Å². The van der Waals surface area contributed by atoms with E-state index in [4.69, 9.17) is 14.6 Å². The minimum Gasteiger partial charge on any atom is -0.479 e. The van der Waals surface area contributed by atoms with Crippen LogP contribution in [0.4, 0.5) is 0 Å². The summed E-state index contributed by atoms with van der Waals surface area (Å²) in [5.41, 5.74) is 0. The Balaban J connectivity index is 2.64. The minimum absolute atomic E-state index is 0.131. The van der Waals surface area contributed by atoms with E-state index in [2.05, 4.69) is 0 Å². The Hall–Kier alpha value is -0.690. The number of carboxylic acids is 1. The van der Waals surface area contributed by atoms with Gasteiger partial charge in [-0.2, -0.15) is 0 Å². The quantitative estimate of drug-likeness (QED) is 0.584. The van der Waals surface area contributed by atoms with Crippen LogP contribution in [0.2, 0.25) is 0 Å². The molecular formula is C9H16O6. The second kappa shape index (κ2) is 4.89. The maximum absolute atomic E-state index is 10.7. The summed E-state index contributed by atoms with van der Waals surface area (Å²) < 4.78 is 10.2. The highest BCUT2D eigenvalue weighted by molar-refractivity contribution is 5.72. The van der Waals surface area contributed by atoms with Crippen LogP contribution in [-0.2, 0) is 14.3 Å². The number of hydrogen-bond acceptors (Lipinski definition) is 5. The van der Waals surface area contributed by atoms with E-state index in [1.807, 2.05) is 0 Å². The fourth-order valence-electron chi connectivity index (χ4n) is 1.38. The molecule has 0 aromatic carbocycles. The Morgan fingerprint density at radius 3 is 2.53 bits per heavy atom. The van der Waals surface area contributed by atoms with Gasteiger partial charge in [0.25, 0.3) is 0 Å². The van der Waals surface area contributed by atoms with Gasteiger partial charge in [-0.15, -0.1) is 0 Å². The Morgan fingerprint density at radius 2 is 2.07 bits per heavy atom. The van der Waals surface area contributed by atoms with Crippen molar-refractivity contribution >= 4 is 5.97 Å². The molecule has 0 spiro atoms. The van der Waals surface area contributed by atoms with Crippen molar-refractivity contribution in [3.8, 4) is 0 Å². The lowest BCUT2D eigenvalue weighted by molar-refractivity contribution is -0.275. The molecule has 1 aliphatic rings. The van der Waals surface area contributed by atoms with Crippen molar-refractivity contribution in [2.45, 2.75) is 51.0 Å². The molecule has 6 heteroatoms. The maximum Gasteiger partial charge on any atom is 0.333 e. The molecule has 1 saturated heterocycles. The van der Waals surface area contributed by atoms with Crippen molar-refractivity contribution < 1.29 is 29.6 Å². The van der Waals surface area contributed by atoms with Crippen LogP contribution in [0.1, 0.15) is 20.3 Å². The van der Waals surface area contributed by atoms with E-state index in [0.29, 0.717) is 0 Å². The predicted octanol–water partition coefficient (Wildman–Crippen LogP) is -0.667. The van der Waals surface area contributed by atoms with Gasteiger partial charge in [-0.05, 0) is 13.8 Å². The topological polar surface area (TPSA) is 96.2 Å². The maximum atomic E-state index is 10.7. The number of carboxylic acid groups (broad SMARTS) is 1. The summed E-state index contributed by atoms with van der Waals surface area (Å²) in [5, 5.41) is 27.6. The van der Waals surface area contributed by atoms with Crippen LogP contribution in [0.3, 0.4) is 0 Å². The number of ether oxygens (including phenoxy) is 2. The van der Waals surface area contributed by atoms with Crippen molar-refractivity contribution in [1.29, 1.82) is 0 Å². The molecule has 88 valence electrons. The first kappa shape index (κ1) is 12.4. The monoisotopic (exact) mass is 220 g/mol. The SMILES string of the molecule is CC(C)O[C@H]1O[C@@H](C(=O)O)C[C@@H](O)[C@@H]1O. The highest BCUT2D eigenvalue weighted by Gasteiger charge is 2.40. The molecule has 1 fully saturated rings. The number of aliphatic carboxylic acids is 1. The lowest BCUT2D eigenvalue weighted by atomic mass is 10.0. The van der Waals surface area contributed by atoms with Gasteiger partial charge in [0.1, 0.15) is 6.10 Å². The van der Waals surface area contributed by atoms with Crippen LogP contribution in [0.25, 0.3) is 0 Å². The molecule has 0 aromatic rings. The number of aliphatic hydroxyl groups is 2. The highest BCUT2D eigenvalue weighted by Crippen LogP contribution is 2.22. The fraction of sp³-hybridized carbons (Fsp3) is 0.889. The van der Waals surface area contributed by atoms with E-state index in [1.54, 1.807) is 13.8 Å². The lowest BCUT2D eigenvalue weighted by Crippen LogP contribution is -2.52. The molecule has 0 bridgehead atoms. The minimum atomic E-state index is -1.21. The van der Waals surface area contributed by atoms with Crippen molar-refractivity contribution in [2.24, 2.45) is 0 Å². The average Bonchev–Trinajstić information content (AvgIpc) is 2.11. The van der Waals surface area contributed by atoms with Crippen LogP contribution >= 0.6 is 0 Å². The van der Waals surface area contributed by atoms with Crippen LogP contribution in [0.5, 0.6) is 0 Å². The third kappa shape index (κ3) is 3.13. The summed E-state index contributed by atoms with van der Waals surface area (Å²) in [7, 11) is 0. The first-order valence-corrected chi connectivity index (χ1v) is 4.81. The van der Waals surface area contributed by atoms with Crippen molar-refractivity contribution in [3.05, 3.63) is 0 Å². The van der Waals surface area contributed by atoms with Crippen molar-refractivity contribution in [3.63, 3.8) is 0 Å². The smallest absolute Gasteiger partial charge is 0.333 e. The molecule has 15 heavy (non-hydrogen) atoms. The van der Waals surface area contributed by atoms with Crippen LogP contribution in [0.15, 0.2) is 0 Å². The van der Waals surface area contributed by atoms with E-state index in [1.165, 1.54) is 0 Å². The molecular weight excluding hydrogens is 204 g/mol. The Morgan fingerprint density at radius 1 is 1.47 bits per heavy atom. The zero-order valence-corrected chi connectivity index (χ0v) is 8.66. The predicted molar refractivity (Wildman–Crippen MR) is 49.1 cm³/mol. The van der Waals surface area contributed by atoms with Crippen LogP contribution in [0, 0.1) is 0 Å². The van der Waals surface area contributed by atoms with Gasteiger partial charge < -0.3 is 24.8 Å². The molecule has 3 N–H and O–H groups in total. The van der Waals surface area contributed by atoms with E-state index in [9.17, 15) is 15.0 Å². The Kier molecular flexibility index (Phi) is 4.04. The van der Waals surface area contributed by atoms with E-state index in [-0.39, 0.29) is 12.5 Å². The second-order valence-electron chi connectivity index (χ2n) is 3.81. The number of hydrogen-bond donors (Lipinski definition) is 3. The molecule has 0 aromatic heterocycles. The molecule has 6 nitrogen and oxygen atoms in total. The molecule has 4 atom stereocenters. The number of rotatable bonds is 3. The average molecular weight is 220 g/mol. The molecule has 1 aliphatic heterocycles. The van der Waals surface area contributed by atoms with Gasteiger partial charge in [-0.25, -0.2) is 4.79 Å². The third-order valence-corrected chi connectivity index (χ3v) is 2.11. The molecule has 0 radical (unpaired) electrons. The lowest BCUT2D eigenvalue weighted by Gasteiger charge is -2.35. The van der Waals surface area contributed by atoms with Gasteiger partial charge in [-0.1, -0.05) is 0 Å². The number of aliphatic hydroxyl groups excluding tert-OH is 2. The van der Waals surface area contributed by atoms with E-state index in [0.717, 1.165) is 0 Å². The third-order valence-electron chi connectivity index (χ3n) is 2.11. The molecule has 0 unspecified atom stereocenters. The fourth-order valence-corrected chi connectivity index (χ4v) is 1.38. The van der Waals surface area contributed by atoms with Gasteiger partial charge >= 0.3 is 5.97 Å². The Labute approximate surface area is 87.4 Å². The van der Waals surface area contributed by atoms with Crippen molar-refractivity contribution in [2.75, 3.05) is 0 Å². The normalized spacial score (nSPS) is 36.9. The van der Waals surface area contributed by atoms with E-state index < -0.39 is 30.6 Å². The summed E-state index contributed by atoms with van der Waals surface area (Å²) in [6.07, 6.45) is -4.91.